The predicted octanol–water partition coefficient (Wildman–Crippen LogP) is 19.0. The number of benzene rings is 11. The standard InChI is InChI=1S/C71H51NO/c1-45-39-64(49-25-12-5-13-26-49)71-69(61-32-18-31-56(70(61)73-71)48-23-10-4-11-24-48)72-68(45)63-44-67-60-30-17-15-28-58(60)57-27-14-16-29-59(57)66(67)43-54(63)40-53-36-34-50-33-35-51(46-19-6-2-7-20-46)41-62(50)65-42-52(37-38-55(53)65)47-21-8-3-9-22-47/h2-33,35,37-39,41-45,53H,34,36,40H2,1H3. The molecule has 1 aliphatic carbocycles. The number of fused-ring (bicyclic) bond motifs is 12. The Hall–Kier alpha value is -8.85. The Labute approximate surface area is 426 Å². The van der Waals surface area contributed by atoms with Crippen LogP contribution >= 0.6 is 0 Å². The van der Waals surface area contributed by atoms with Crippen LogP contribution in [0, 0.1) is 5.92 Å². The quantitative estimate of drug-likeness (QED) is 0.146. The van der Waals surface area contributed by atoms with Gasteiger partial charge >= 0.3 is 0 Å². The highest BCUT2D eigenvalue weighted by Gasteiger charge is 2.31. The summed E-state index contributed by atoms with van der Waals surface area (Å²) in [6.45, 7) is 2.32. The van der Waals surface area contributed by atoms with Gasteiger partial charge in [-0.3, -0.25) is 0 Å². The Kier molecular flexibility index (Phi) is 10.5. The number of rotatable bonds is 7. The van der Waals surface area contributed by atoms with Gasteiger partial charge in [-0.25, -0.2) is 4.99 Å². The smallest absolute Gasteiger partial charge is 0.161 e. The molecule has 1 aliphatic heterocycles. The molecule has 14 rings (SSSR count). The number of para-hydroxylation sites is 1. The van der Waals surface area contributed by atoms with Crippen molar-refractivity contribution in [1.29, 1.82) is 0 Å². The third kappa shape index (κ3) is 7.44. The molecule has 0 fully saturated rings. The van der Waals surface area contributed by atoms with Crippen molar-refractivity contribution in [2.24, 2.45) is 10.9 Å². The average molecular weight is 934 g/mol. The molecule has 2 nitrogen and oxygen atoms in total. The van der Waals surface area contributed by atoms with Gasteiger partial charge in [0, 0.05) is 28.0 Å². The molecule has 11 aromatic carbocycles. The minimum atomic E-state index is -0.0522. The largest absolute Gasteiger partial charge is 0.453 e. The van der Waals surface area contributed by atoms with Crippen molar-refractivity contribution in [3.63, 3.8) is 0 Å². The van der Waals surface area contributed by atoms with Gasteiger partial charge in [-0.05, 0) is 149 Å². The van der Waals surface area contributed by atoms with Crippen LogP contribution in [0.2, 0.25) is 0 Å². The highest BCUT2D eigenvalue weighted by Crippen LogP contribution is 2.49. The SMILES string of the molecule is CC1C=C(c2ccccc2)c2oc3c(-c4ccccc4)cccc3c2N=C1c1cc2c3ccccc3c3ccccc3c2cc1CC1CCc2ccc(-c3ccccc3)cc2-c2cc(-c3ccccc3)ccc21. The highest BCUT2D eigenvalue weighted by molar-refractivity contribution is 6.27. The molecule has 2 aliphatic rings. The molecule has 73 heavy (non-hydrogen) atoms. The van der Waals surface area contributed by atoms with Crippen LogP contribution in [-0.4, -0.2) is 5.71 Å². The van der Waals surface area contributed by atoms with Crippen molar-refractivity contribution >= 4 is 60.3 Å². The van der Waals surface area contributed by atoms with Gasteiger partial charge in [-0.1, -0.05) is 219 Å². The van der Waals surface area contributed by atoms with E-state index in [0.29, 0.717) is 0 Å². The number of aryl methyl sites for hydroxylation is 1. The number of aliphatic imine (C=N–C) groups is 1. The van der Waals surface area contributed by atoms with E-state index in [2.05, 4.69) is 250 Å². The summed E-state index contributed by atoms with van der Waals surface area (Å²) in [5, 5.41) is 8.62. The molecule has 2 heterocycles. The summed E-state index contributed by atoms with van der Waals surface area (Å²) in [6, 6.07) is 87.0. The summed E-state index contributed by atoms with van der Waals surface area (Å²) < 4.78 is 7.17. The van der Waals surface area contributed by atoms with Gasteiger partial charge in [0.2, 0.25) is 0 Å². The van der Waals surface area contributed by atoms with Gasteiger partial charge < -0.3 is 4.42 Å². The first-order chi connectivity index (χ1) is 36.1. The molecule has 2 atom stereocenters. The summed E-state index contributed by atoms with van der Waals surface area (Å²) in [7, 11) is 0. The van der Waals surface area contributed by atoms with Gasteiger partial charge in [0.05, 0.1) is 5.71 Å². The third-order valence-corrected chi connectivity index (χ3v) is 15.8. The van der Waals surface area contributed by atoms with Gasteiger partial charge in [-0.15, -0.1) is 0 Å². The minimum absolute atomic E-state index is 0.0522. The van der Waals surface area contributed by atoms with E-state index in [1.54, 1.807) is 0 Å². The lowest BCUT2D eigenvalue weighted by Gasteiger charge is -2.23. The molecule has 0 radical (unpaired) electrons. The van der Waals surface area contributed by atoms with Crippen molar-refractivity contribution in [2.75, 3.05) is 0 Å². The Morgan fingerprint density at radius 3 is 1.60 bits per heavy atom. The van der Waals surface area contributed by atoms with Gasteiger partial charge in [0.25, 0.3) is 0 Å². The van der Waals surface area contributed by atoms with Crippen LogP contribution in [-0.2, 0) is 12.8 Å². The fraction of sp³-hybridized carbons (Fsp3) is 0.0845. The Morgan fingerprint density at radius 1 is 0.425 bits per heavy atom. The van der Waals surface area contributed by atoms with E-state index < -0.39 is 0 Å². The lowest BCUT2D eigenvalue weighted by molar-refractivity contribution is 0.602. The number of furan rings is 1. The van der Waals surface area contributed by atoms with Crippen molar-refractivity contribution in [1.82, 2.24) is 0 Å². The lowest BCUT2D eigenvalue weighted by Crippen LogP contribution is -2.15. The molecule has 346 valence electrons. The van der Waals surface area contributed by atoms with Crippen LogP contribution in [0.1, 0.15) is 52.8 Å². The molecule has 0 bridgehead atoms. The second-order valence-electron chi connectivity index (χ2n) is 20.1. The van der Waals surface area contributed by atoms with E-state index in [4.69, 9.17) is 9.41 Å². The zero-order chi connectivity index (χ0) is 48.4. The monoisotopic (exact) mass is 933 g/mol. The van der Waals surface area contributed by atoms with Gasteiger partial charge in [0.1, 0.15) is 11.3 Å². The molecular weight excluding hydrogens is 883 g/mol. The van der Waals surface area contributed by atoms with Crippen molar-refractivity contribution < 1.29 is 4.42 Å². The summed E-state index contributed by atoms with van der Waals surface area (Å²) >= 11 is 0. The number of hydrogen-bond acceptors (Lipinski definition) is 2. The van der Waals surface area contributed by atoms with E-state index in [1.807, 2.05) is 0 Å². The summed E-state index contributed by atoms with van der Waals surface area (Å²) in [6.07, 6.45) is 5.26. The van der Waals surface area contributed by atoms with Gasteiger partial charge in [-0.2, -0.15) is 0 Å². The second kappa shape index (κ2) is 17.8. The first-order valence-electron chi connectivity index (χ1n) is 25.8. The average Bonchev–Trinajstić information content (AvgIpc) is 3.68. The molecule has 0 N–H and O–H groups in total. The maximum atomic E-state index is 7.17. The summed E-state index contributed by atoms with van der Waals surface area (Å²) in [4.78, 5) is 5.94. The Balaban J connectivity index is 1.01. The fourth-order valence-corrected chi connectivity index (χ4v) is 12.2. The predicted molar refractivity (Wildman–Crippen MR) is 307 cm³/mol. The first kappa shape index (κ1) is 43.0. The van der Waals surface area contributed by atoms with E-state index in [-0.39, 0.29) is 11.8 Å². The molecule has 0 amide bonds. The molecule has 0 saturated heterocycles. The molecule has 2 heteroatoms. The van der Waals surface area contributed by atoms with E-state index in [9.17, 15) is 0 Å². The van der Waals surface area contributed by atoms with Crippen LogP contribution < -0.4 is 0 Å². The van der Waals surface area contributed by atoms with Crippen molar-refractivity contribution in [2.45, 2.75) is 32.1 Å². The molecule has 1 aromatic heterocycles. The van der Waals surface area contributed by atoms with Gasteiger partial charge in [0.15, 0.2) is 5.76 Å². The molecular formula is C71H51NO. The lowest BCUT2D eigenvalue weighted by atomic mass is 9.81. The topological polar surface area (TPSA) is 25.5 Å². The normalized spacial score (nSPS) is 15.3. The fourth-order valence-electron chi connectivity index (χ4n) is 12.2. The number of nitrogens with zero attached hydrogens (tertiary/aromatic N) is 1. The minimum Gasteiger partial charge on any atom is -0.453 e. The van der Waals surface area contributed by atoms with Crippen LogP contribution in [0.15, 0.2) is 252 Å². The maximum Gasteiger partial charge on any atom is 0.161 e. The zero-order valence-corrected chi connectivity index (χ0v) is 40.7. The molecule has 0 saturated carbocycles. The van der Waals surface area contributed by atoms with Crippen molar-refractivity contribution in [3.8, 4) is 44.5 Å². The third-order valence-electron chi connectivity index (χ3n) is 15.8. The Morgan fingerprint density at radius 2 is 0.959 bits per heavy atom. The van der Waals surface area contributed by atoms with E-state index in [1.165, 1.54) is 88.0 Å². The Bertz CT molecular complexity index is 4160. The summed E-state index contributed by atoms with van der Waals surface area (Å²) in [5.41, 5.74) is 20.1. The second-order valence-corrected chi connectivity index (χ2v) is 20.1. The summed E-state index contributed by atoms with van der Waals surface area (Å²) in [5.74, 6) is 0.986. The number of hydrogen-bond donors (Lipinski definition) is 0. The first-order valence-corrected chi connectivity index (χ1v) is 25.8. The zero-order valence-electron chi connectivity index (χ0n) is 40.7. The number of allylic oxidation sites excluding steroid dienone is 1. The molecule has 12 aromatic rings. The van der Waals surface area contributed by atoms with E-state index in [0.717, 1.165) is 69.7 Å². The van der Waals surface area contributed by atoms with Crippen molar-refractivity contribution in [3.05, 3.63) is 276 Å². The van der Waals surface area contributed by atoms with Crippen LogP contribution in [0.3, 0.4) is 0 Å². The van der Waals surface area contributed by atoms with Crippen LogP contribution in [0.25, 0.3) is 93.4 Å². The van der Waals surface area contributed by atoms with E-state index >= 15 is 0 Å². The highest BCUT2D eigenvalue weighted by atomic mass is 16.3. The molecule has 2 unspecified atom stereocenters. The van der Waals surface area contributed by atoms with Crippen LogP contribution in [0.4, 0.5) is 5.69 Å². The molecule has 0 spiro atoms. The maximum absolute atomic E-state index is 7.17. The van der Waals surface area contributed by atoms with Crippen LogP contribution in [0.5, 0.6) is 0 Å².